The highest BCUT2D eigenvalue weighted by Crippen LogP contribution is 2.38. The average molecular weight is 258 g/mol. The number of aromatic nitrogens is 2. The van der Waals surface area contributed by atoms with E-state index in [1.54, 1.807) is 6.20 Å². The Kier molecular flexibility index (Phi) is 5.02. The molecular weight excluding hydrogens is 234 g/mol. The standard InChI is InChI=1S/C13H24ClN3/c1-6-8-17-11(10(14)9-16-17)12(15-5)13(3,4)7-2/h9,12,15H,6-8H2,1-5H3. The predicted molar refractivity (Wildman–Crippen MR) is 73.4 cm³/mol. The first-order valence-electron chi connectivity index (χ1n) is 6.36. The molecule has 1 unspecified atom stereocenters. The molecule has 0 spiro atoms. The summed E-state index contributed by atoms with van der Waals surface area (Å²) in [7, 11) is 1.99. The third kappa shape index (κ3) is 3.02. The SMILES string of the molecule is CCCn1ncc(Cl)c1C(NC)C(C)(C)CC. The number of nitrogens with one attached hydrogen (secondary N) is 1. The van der Waals surface area contributed by atoms with Crippen molar-refractivity contribution in [1.29, 1.82) is 0 Å². The van der Waals surface area contributed by atoms with Crippen LogP contribution in [0.2, 0.25) is 5.02 Å². The minimum atomic E-state index is 0.157. The summed E-state index contributed by atoms with van der Waals surface area (Å²) in [6, 6.07) is 0.231. The maximum atomic E-state index is 6.29. The van der Waals surface area contributed by atoms with Gasteiger partial charge in [-0.2, -0.15) is 5.10 Å². The molecule has 0 amide bonds. The van der Waals surface area contributed by atoms with Gasteiger partial charge in [0.1, 0.15) is 0 Å². The van der Waals surface area contributed by atoms with Gasteiger partial charge in [-0.05, 0) is 25.3 Å². The lowest BCUT2D eigenvalue weighted by Gasteiger charge is -2.34. The van der Waals surface area contributed by atoms with Crippen LogP contribution in [-0.4, -0.2) is 16.8 Å². The molecule has 0 radical (unpaired) electrons. The maximum Gasteiger partial charge on any atom is 0.0834 e. The average Bonchev–Trinajstić information content (AvgIpc) is 2.63. The third-order valence-corrected chi connectivity index (χ3v) is 3.81. The molecule has 98 valence electrons. The Morgan fingerprint density at radius 1 is 1.47 bits per heavy atom. The quantitative estimate of drug-likeness (QED) is 0.843. The number of halogens is 1. The van der Waals surface area contributed by atoms with Crippen molar-refractivity contribution in [2.75, 3.05) is 7.05 Å². The lowest BCUT2D eigenvalue weighted by molar-refractivity contribution is 0.233. The summed E-state index contributed by atoms with van der Waals surface area (Å²) < 4.78 is 2.03. The van der Waals surface area contributed by atoms with Crippen molar-refractivity contribution in [2.45, 2.75) is 53.1 Å². The van der Waals surface area contributed by atoms with Gasteiger partial charge in [-0.15, -0.1) is 0 Å². The molecule has 0 aliphatic heterocycles. The molecule has 1 atom stereocenters. The van der Waals surface area contributed by atoms with Crippen LogP contribution in [0.3, 0.4) is 0 Å². The molecule has 17 heavy (non-hydrogen) atoms. The van der Waals surface area contributed by atoms with Crippen molar-refractivity contribution in [2.24, 2.45) is 5.41 Å². The highest BCUT2D eigenvalue weighted by Gasteiger charge is 2.32. The van der Waals surface area contributed by atoms with E-state index in [1.807, 2.05) is 11.7 Å². The number of aryl methyl sites for hydroxylation is 1. The van der Waals surface area contributed by atoms with Crippen LogP contribution in [0.5, 0.6) is 0 Å². The van der Waals surface area contributed by atoms with E-state index in [0.29, 0.717) is 0 Å². The van der Waals surface area contributed by atoms with Crippen LogP contribution in [0.15, 0.2) is 6.20 Å². The number of rotatable bonds is 6. The van der Waals surface area contributed by atoms with Crippen molar-refractivity contribution in [3.05, 3.63) is 16.9 Å². The van der Waals surface area contributed by atoms with E-state index in [1.165, 1.54) is 0 Å². The van der Waals surface area contributed by atoms with Crippen LogP contribution < -0.4 is 5.32 Å². The molecule has 0 aliphatic rings. The Bertz CT molecular complexity index is 358. The van der Waals surface area contributed by atoms with E-state index in [9.17, 15) is 0 Å². The molecule has 0 aromatic carbocycles. The topological polar surface area (TPSA) is 29.9 Å². The molecule has 4 heteroatoms. The molecule has 1 aromatic rings. The van der Waals surface area contributed by atoms with Crippen LogP contribution >= 0.6 is 11.6 Å². The van der Waals surface area contributed by atoms with Crippen molar-refractivity contribution in [1.82, 2.24) is 15.1 Å². The van der Waals surface area contributed by atoms with Gasteiger partial charge in [0.15, 0.2) is 0 Å². The van der Waals surface area contributed by atoms with E-state index >= 15 is 0 Å². The predicted octanol–water partition coefficient (Wildman–Crippen LogP) is 3.64. The van der Waals surface area contributed by atoms with Gasteiger partial charge in [-0.1, -0.05) is 39.3 Å². The lowest BCUT2D eigenvalue weighted by Crippen LogP contribution is -2.33. The van der Waals surface area contributed by atoms with E-state index in [0.717, 1.165) is 30.1 Å². The summed E-state index contributed by atoms with van der Waals surface area (Å²) in [5.74, 6) is 0. The van der Waals surface area contributed by atoms with Gasteiger partial charge in [-0.25, -0.2) is 0 Å². The fourth-order valence-corrected chi connectivity index (χ4v) is 2.40. The van der Waals surface area contributed by atoms with Gasteiger partial charge >= 0.3 is 0 Å². The van der Waals surface area contributed by atoms with Crippen molar-refractivity contribution in [3.63, 3.8) is 0 Å². The Morgan fingerprint density at radius 2 is 2.12 bits per heavy atom. The third-order valence-electron chi connectivity index (χ3n) is 3.52. The van der Waals surface area contributed by atoms with Crippen LogP contribution in [-0.2, 0) is 6.54 Å². The Hall–Kier alpha value is -0.540. The highest BCUT2D eigenvalue weighted by molar-refractivity contribution is 6.31. The van der Waals surface area contributed by atoms with Gasteiger partial charge in [0.2, 0.25) is 0 Å². The van der Waals surface area contributed by atoms with E-state index in [-0.39, 0.29) is 11.5 Å². The molecule has 0 aliphatic carbocycles. The van der Waals surface area contributed by atoms with Crippen molar-refractivity contribution < 1.29 is 0 Å². The first-order valence-corrected chi connectivity index (χ1v) is 6.74. The highest BCUT2D eigenvalue weighted by atomic mass is 35.5. The van der Waals surface area contributed by atoms with Crippen LogP contribution in [0, 0.1) is 5.41 Å². The fourth-order valence-electron chi connectivity index (χ4n) is 2.15. The summed E-state index contributed by atoms with van der Waals surface area (Å²) in [6.07, 6.45) is 3.91. The first-order chi connectivity index (χ1) is 7.97. The Morgan fingerprint density at radius 3 is 2.59 bits per heavy atom. The number of hydrogen-bond acceptors (Lipinski definition) is 2. The second-order valence-electron chi connectivity index (χ2n) is 5.16. The summed E-state index contributed by atoms with van der Waals surface area (Å²) in [6.45, 7) is 9.79. The Labute approximate surface area is 110 Å². The van der Waals surface area contributed by atoms with Gasteiger partial charge in [-0.3, -0.25) is 4.68 Å². The van der Waals surface area contributed by atoms with E-state index in [2.05, 4.69) is 38.1 Å². The molecular formula is C13H24ClN3. The minimum absolute atomic E-state index is 0.157. The van der Waals surface area contributed by atoms with E-state index in [4.69, 9.17) is 11.6 Å². The maximum absolute atomic E-state index is 6.29. The molecule has 1 N–H and O–H groups in total. The molecule has 0 saturated heterocycles. The number of nitrogens with zero attached hydrogens (tertiary/aromatic N) is 2. The zero-order chi connectivity index (χ0) is 13.1. The molecule has 0 bridgehead atoms. The van der Waals surface area contributed by atoms with Crippen molar-refractivity contribution in [3.8, 4) is 0 Å². The lowest BCUT2D eigenvalue weighted by atomic mass is 9.80. The summed E-state index contributed by atoms with van der Waals surface area (Å²) in [5, 5.41) is 8.52. The monoisotopic (exact) mass is 257 g/mol. The van der Waals surface area contributed by atoms with Gasteiger partial charge in [0, 0.05) is 6.54 Å². The minimum Gasteiger partial charge on any atom is -0.311 e. The largest absolute Gasteiger partial charge is 0.311 e. The van der Waals surface area contributed by atoms with Gasteiger partial charge in [0.25, 0.3) is 0 Å². The summed E-state index contributed by atoms with van der Waals surface area (Å²) in [4.78, 5) is 0. The van der Waals surface area contributed by atoms with Crippen molar-refractivity contribution >= 4 is 11.6 Å². The second kappa shape index (κ2) is 5.87. The Balaban J connectivity index is 3.15. The van der Waals surface area contributed by atoms with Gasteiger partial charge < -0.3 is 5.32 Å². The molecule has 0 saturated carbocycles. The smallest absolute Gasteiger partial charge is 0.0834 e. The molecule has 1 rings (SSSR count). The number of hydrogen-bond donors (Lipinski definition) is 1. The molecule has 1 heterocycles. The molecule has 3 nitrogen and oxygen atoms in total. The first kappa shape index (κ1) is 14.5. The zero-order valence-corrected chi connectivity index (χ0v) is 12.3. The molecule has 0 fully saturated rings. The van der Waals surface area contributed by atoms with Crippen LogP contribution in [0.25, 0.3) is 0 Å². The second-order valence-corrected chi connectivity index (χ2v) is 5.57. The molecule has 1 aromatic heterocycles. The van der Waals surface area contributed by atoms with Crippen LogP contribution in [0.4, 0.5) is 0 Å². The van der Waals surface area contributed by atoms with E-state index < -0.39 is 0 Å². The summed E-state index contributed by atoms with van der Waals surface area (Å²) >= 11 is 6.29. The normalized spacial score (nSPS) is 14.0. The zero-order valence-electron chi connectivity index (χ0n) is 11.5. The summed E-state index contributed by atoms with van der Waals surface area (Å²) in [5.41, 5.74) is 1.27. The van der Waals surface area contributed by atoms with Gasteiger partial charge in [0.05, 0.1) is 23.0 Å². The fraction of sp³-hybridized carbons (Fsp3) is 0.769. The van der Waals surface area contributed by atoms with Crippen LogP contribution in [0.1, 0.15) is 52.3 Å².